The Labute approximate surface area is 106 Å². The van der Waals surface area contributed by atoms with Crippen molar-refractivity contribution in [1.29, 1.82) is 0 Å². The molecule has 0 radical (unpaired) electrons. The lowest BCUT2D eigenvalue weighted by atomic mass is 10.1. The lowest BCUT2D eigenvalue weighted by molar-refractivity contribution is 0.0636. The van der Waals surface area contributed by atoms with Gasteiger partial charge in [-0.05, 0) is 50.0 Å². The number of thiophene rings is 1. The van der Waals surface area contributed by atoms with E-state index >= 15 is 0 Å². The summed E-state index contributed by atoms with van der Waals surface area (Å²) in [5.41, 5.74) is 1.72. The van der Waals surface area contributed by atoms with Crippen molar-refractivity contribution in [3.8, 4) is 0 Å². The molecule has 0 saturated heterocycles. The van der Waals surface area contributed by atoms with Crippen molar-refractivity contribution in [3.63, 3.8) is 0 Å². The molecular weight excluding hydrogens is 234 g/mol. The van der Waals surface area contributed by atoms with Gasteiger partial charge in [0.15, 0.2) is 0 Å². The average molecular weight is 253 g/mol. The number of rotatable bonds is 2. The van der Waals surface area contributed by atoms with Gasteiger partial charge in [0, 0.05) is 5.38 Å². The van der Waals surface area contributed by atoms with E-state index in [0.717, 1.165) is 11.6 Å². The van der Waals surface area contributed by atoms with E-state index < -0.39 is 5.60 Å². The molecule has 1 aromatic heterocycles. The molecule has 1 amide bonds. The van der Waals surface area contributed by atoms with Crippen LogP contribution < -0.4 is 5.32 Å². The van der Waals surface area contributed by atoms with Crippen LogP contribution in [0.3, 0.4) is 0 Å². The van der Waals surface area contributed by atoms with E-state index in [-0.39, 0.29) is 6.09 Å². The molecule has 0 bridgehead atoms. The van der Waals surface area contributed by atoms with Crippen LogP contribution in [0.5, 0.6) is 0 Å². The largest absolute Gasteiger partial charge is 0.444 e. The number of carbonyl (C=O) groups is 1. The number of nitrogens with one attached hydrogen (secondary N) is 1. The van der Waals surface area contributed by atoms with Crippen LogP contribution in [-0.4, -0.2) is 11.7 Å². The molecule has 94 valence electrons. The first-order valence-corrected chi connectivity index (χ1v) is 6.87. The second-order valence-electron chi connectivity index (χ2n) is 5.69. The minimum Gasteiger partial charge on any atom is -0.444 e. The highest BCUT2D eigenvalue weighted by atomic mass is 32.1. The van der Waals surface area contributed by atoms with Gasteiger partial charge in [-0.2, -0.15) is 0 Å². The van der Waals surface area contributed by atoms with Crippen LogP contribution >= 0.6 is 11.3 Å². The molecule has 2 atom stereocenters. The van der Waals surface area contributed by atoms with Gasteiger partial charge in [0.2, 0.25) is 0 Å². The summed E-state index contributed by atoms with van der Waals surface area (Å²) in [7, 11) is 0. The molecular formula is C13H19NO2S. The highest BCUT2D eigenvalue weighted by Crippen LogP contribution is 2.50. The zero-order valence-electron chi connectivity index (χ0n) is 10.7. The SMILES string of the molecule is CC1CC1c1cscc1NC(=O)OC(C)(C)C. The normalized spacial score (nSPS) is 23.3. The molecule has 1 aliphatic rings. The van der Waals surface area contributed by atoms with Gasteiger partial charge in [-0.25, -0.2) is 4.79 Å². The summed E-state index contributed by atoms with van der Waals surface area (Å²) in [6, 6.07) is 0. The van der Waals surface area contributed by atoms with Crippen LogP contribution in [0.25, 0.3) is 0 Å². The van der Waals surface area contributed by atoms with Crippen molar-refractivity contribution >= 4 is 23.1 Å². The molecule has 4 heteroatoms. The van der Waals surface area contributed by atoms with Crippen molar-refractivity contribution in [2.45, 2.75) is 45.6 Å². The zero-order valence-corrected chi connectivity index (χ0v) is 11.6. The standard InChI is InChI=1S/C13H19NO2S/c1-8-5-9(8)10-6-17-7-11(10)14-12(15)16-13(2,3)4/h6-9H,5H2,1-4H3,(H,14,15). The highest BCUT2D eigenvalue weighted by Gasteiger charge is 2.36. The molecule has 17 heavy (non-hydrogen) atoms. The Morgan fingerprint density at radius 3 is 2.65 bits per heavy atom. The predicted octanol–water partition coefficient (Wildman–Crippen LogP) is 4.22. The van der Waals surface area contributed by atoms with Crippen LogP contribution in [0.2, 0.25) is 0 Å². The summed E-state index contributed by atoms with van der Waals surface area (Å²) in [5, 5.41) is 6.94. The van der Waals surface area contributed by atoms with Gasteiger partial charge in [-0.1, -0.05) is 6.92 Å². The maximum Gasteiger partial charge on any atom is 0.412 e. The number of anilines is 1. The van der Waals surface area contributed by atoms with E-state index in [0.29, 0.717) is 5.92 Å². The quantitative estimate of drug-likeness (QED) is 0.857. The third-order valence-electron chi connectivity index (χ3n) is 2.84. The van der Waals surface area contributed by atoms with Gasteiger partial charge in [0.1, 0.15) is 5.60 Å². The third kappa shape index (κ3) is 3.22. The minimum atomic E-state index is -0.451. The molecule has 1 fully saturated rings. The Hall–Kier alpha value is -1.03. The van der Waals surface area contributed by atoms with Crippen molar-refractivity contribution in [2.24, 2.45) is 5.92 Å². The first kappa shape index (κ1) is 12.4. The van der Waals surface area contributed by atoms with E-state index in [1.807, 2.05) is 26.2 Å². The Morgan fingerprint density at radius 2 is 2.12 bits per heavy atom. The number of hydrogen-bond acceptors (Lipinski definition) is 3. The van der Waals surface area contributed by atoms with E-state index in [9.17, 15) is 4.79 Å². The topological polar surface area (TPSA) is 38.3 Å². The second-order valence-corrected chi connectivity index (χ2v) is 6.43. The Balaban J connectivity index is 1.99. The number of hydrogen-bond donors (Lipinski definition) is 1. The van der Waals surface area contributed by atoms with Crippen LogP contribution in [-0.2, 0) is 4.74 Å². The summed E-state index contributed by atoms with van der Waals surface area (Å²) < 4.78 is 5.25. The Bertz CT molecular complexity index is 419. The molecule has 0 aliphatic heterocycles. The van der Waals surface area contributed by atoms with E-state index in [1.165, 1.54) is 12.0 Å². The van der Waals surface area contributed by atoms with Gasteiger partial charge in [0.05, 0.1) is 5.69 Å². The first-order valence-electron chi connectivity index (χ1n) is 5.93. The number of ether oxygens (including phenoxy) is 1. The lowest BCUT2D eigenvalue weighted by Crippen LogP contribution is -2.27. The van der Waals surface area contributed by atoms with Crippen LogP contribution in [0.15, 0.2) is 10.8 Å². The first-order chi connectivity index (χ1) is 7.87. The lowest BCUT2D eigenvalue weighted by Gasteiger charge is -2.19. The van der Waals surface area contributed by atoms with Gasteiger partial charge in [-0.3, -0.25) is 5.32 Å². The van der Waals surface area contributed by atoms with E-state index in [2.05, 4.69) is 17.6 Å². The maximum absolute atomic E-state index is 11.7. The maximum atomic E-state index is 11.7. The van der Waals surface area contributed by atoms with Gasteiger partial charge in [0.25, 0.3) is 0 Å². The van der Waals surface area contributed by atoms with Crippen molar-refractivity contribution in [2.75, 3.05) is 5.32 Å². The average Bonchev–Trinajstić information content (AvgIpc) is 2.71. The Kier molecular flexibility index (Phi) is 3.17. The molecule has 0 spiro atoms. The smallest absolute Gasteiger partial charge is 0.412 e. The van der Waals surface area contributed by atoms with Gasteiger partial charge >= 0.3 is 6.09 Å². The number of amides is 1. The molecule has 1 heterocycles. The second kappa shape index (κ2) is 4.33. The fraction of sp³-hybridized carbons (Fsp3) is 0.615. The molecule has 1 aliphatic carbocycles. The summed E-state index contributed by atoms with van der Waals surface area (Å²) >= 11 is 1.63. The summed E-state index contributed by atoms with van der Waals surface area (Å²) in [6.07, 6.45) is 0.852. The van der Waals surface area contributed by atoms with E-state index in [4.69, 9.17) is 4.74 Å². The van der Waals surface area contributed by atoms with Gasteiger partial charge in [-0.15, -0.1) is 11.3 Å². The third-order valence-corrected chi connectivity index (χ3v) is 3.60. The molecule has 0 aromatic carbocycles. The van der Waals surface area contributed by atoms with E-state index in [1.54, 1.807) is 11.3 Å². The van der Waals surface area contributed by atoms with Crippen LogP contribution in [0.1, 0.15) is 45.6 Å². The highest BCUT2D eigenvalue weighted by molar-refractivity contribution is 7.08. The molecule has 2 unspecified atom stereocenters. The van der Waals surface area contributed by atoms with Crippen LogP contribution in [0.4, 0.5) is 10.5 Å². The van der Waals surface area contributed by atoms with Crippen molar-refractivity contribution in [1.82, 2.24) is 0 Å². The summed E-state index contributed by atoms with van der Waals surface area (Å²) in [5.74, 6) is 1.36. The zero-order chi connectivity index (χ0) is 12.6. The molecule has 3 nitrogen and oxygen atoms in total. The molecule has 2 rings (SSSR count). The fourth-order valence-corrected chi connectivity index (χ4v) is 2.71. The molecule has 1 saturated carbocycles. The minimum absolute atomic E-state index is 0.370. The fourth-order valence-electron chi connectivity index (χ4n) is 1.86. The number of carbonyl (C=O) groups excluding carboxylic acids is 1. The predicted molar refractivity (Wildman–Crippen MR) is 70.7 cm³/mol. The van der Waals surface area contributed by atoms with Crippen molar-refractivity contribution < 1.29 is 9.53 Å². The monoisotopic (exact) mass is 253 g/mol. The van der Waals surface area contributed by atoms with Gasteiger partial charge < -0.3 is 4.74 Å². The van der Waals surface area contributed by atoms with Crippen molar-refractivity contribution in [3.05, 3.63) is 16.3 Å². The summed E-state index contributed by atoms with van der Waals surface area (Å²) in [4.78, 5) is 11.7. The van der Waals surface area contributed by atoms with Crippen LogP contribution in [0, 0.1) is 5.92 Å². The summed E-state index contributed by atoms with van der Waals surface area (Å²) in [6.45, 7) is 7.83. The molecule has 1 aromatic rings. The molecule has 1 N–H and O–H groups in total. The Morgan fingerprint density at radius 1 is 1.47 bits per heavy atom.